The number of nitrogens with zero attached hydrogens (tertiary/aromatic N) is 3. The van der Waals surface area contributed by atoms with E-state index in [2.05, 4.69) is 15.5 Å². The van der Waals surface area contributed by atoms with Crippen LogP contribution in [0, 0.1) is 6.92 Å². The highest BCUT2D eigenvalue weighted by molar-refractivity contribution is 6.10. The van der Waals surface area contributed by atoms with Crippen molar-refractivity contribution in [2.45, 2.75) is 46.4 Å². The number of nitrogens with one attached hydrogen (secondary N) is 1. The largest absolute Gasteiger partial charge is 0.444 e. The van der Waals surface area contributed by atoms with Crippen molar-refractivity contribution in [1.29, 1.82) is 0 Å². The number of aryl methyl sites for hydroxylation is 1. The van der Waals surface area contributed by atoms with E-state index >= 15 is 0 Å². The van der Waals surface area contributed by atoms with Gasteiger partial charge in [0.15, 0.2) is 17.2 Å². The Kier molecular flexibility index (Phi) is 6.06. The van der Waals surface area contributed by atoms with E-state index in [0.717, 1.165) is 5.56 Å². The number of carbonyl (C=O) groups excluding carboxylic acids is 2. The van der Waals surface area contributed by atoms with Crippen LogP contribution < -0.4 is 11.1 Å². The minimum Gasteiger partial charge on any atom is -0.444 e. The van der Waals surface area contributed by atoms with E-state index in [1.165, 1.54) is 4.57 Å². The molecule has 2 heterocycles. The molecule has 1 N–H and O–H groups in total. The number of ketones is 1. The maximum Gasteiger partial charge on any atom is 0.420 e. The Labute approximate surface area is 194 Å². The van der Waals surface area contributed by atoms with Gasteiger partial charge in [0.05, 0.1) is 12.1 Å². The SMILES string of the molecule is Cc1ccc(C(=O)c2ccc3c(c2)oc(=O)n3Cc2noc(CNC(=O)OC(C)(C)C)n2)cc1. The third-order valence-electron chi connectivity index (χ3n) is 4.84. The predicted octanol–water partition coefficient (Wildman–Crippen LogP) is 3.59. The van der Waals surface area contributed by atoms with E-state index in [-0.39, 0.29) is 36.2 Å². The lowest BCUT2D eigenvalue weighted by atomic mass is 10.0. The second kappa shape index (κ2) is 8.97. The van der Waals surface area contributed by atoms with E-state index in [1.807, 2.05) is 19.1 Å². The van der Waals surface area contributed by atoms with Gasteiger partial charge in [-0.25, -0.2) is 9.59 Å². The predicted molar refractivity (Wildman–Crippen MR) is 122 cm³/mol. The summed E-state index contributed by atoms with van der Waals surface area (Å²) in [5, 5.41) is 6.38. The molecule has 0 aliphatic carbocycles. The third-order valence-corrected chi connectivity index (χ3v) is 4.84. The van der Waals surface area contributed by atoms with Crippen LogP contribution in [0.4, 0.5) is 4.79 Å². The fraction of sp³-hybridized carbons (Fsp3) is 0.292. The number of carbonyl (C=O) groups is 2. The van der Waals surface area contributed by atoms with Gasteiger partial charge in [-0.05, 0) is 45.9 Å². The number of amides is 1. The normalized spacial score (nSPS) is 11.5. The highest BCUT2D eigenvalue weighted by Crippen LogP contribution is 2.19. The van der Waals surface area contributed by atoms with Crippen molar-refractivity contribution in [3.63, 3.8) is 0 Å². The van der Waals surface area contributed by atoms with Gasteiger partial charge in [-0.1, -0.05) is 35.0 Å². The van der Waals surface area contributed by atoms with Crippen LogP contribution in [0.1, 0.15) is 54.0 Å². The van der Waals surface area contributed by atoms with Crippen LogP contribution in [0.15, 0.2) is 56.2 Å². The van der Waals surface area contributed by atoms with Crippen molar-refractivity contribution in [3.8, 4) is 0 Å². The standard InChI is InChI=1S/C24H24N4O6/c1-14-5-7-15(8-6-14)21(29)16-9-10-17-18(11-16)32-23(31)28(17)13-19-26-20(34-27-19)12-25-22(30)33-24(2,3)4/h5-11H,12-13H2,1-4H3,(H,25,30). The molecule has 1 amide bonds. The molecule has 2 aromatic carbocycles. The van der Waals surface area contributed by atoms with Crippen LogP contribution in [0.3, 0.4) is 0 Å². The molecule has 10 heteroatoms. The zero-order valence-corrected chi connectivity index (χ0v) is 19.2. The van der Waals surface area contributed by atoms with E-state index in [0.29, 0.717) is 16.6 Å². The Balaban J connectivity index is 1.48. The molecule has 0 bridgehead atoms. The molecule has 0 saturated heterocycles. The second-order valence-corrected chi connectivity index (χ2v) is 8.79. The molecule has 0 spiro atoms. The lowest BCUT2D eigenvalue weighted by Crippen LogP contribution is -2.32. The first-order valence-corrected chi connectivity index (χ1v) is 10.6. The fourth-order valence-electron chi connectivity index (χ4n) is 3.26. The van der Waals surface area contributed by atoms with Crippen LogP contribution >= 0.6 is 0 Å². The average molecular weight is 464 g/mol. The van der Waals surface area contributed by atoms with Gasteiger partial charge >= 0.3 is 11.8 Å². The number of ether oxygens (including phenoxy) is 1. The van der Waals surface area contributed by atoms with Crippen LogP contribution in [0.5, 0.6) is 0 Å². The first-order chi connectivity index (χ1) is 16.1. The number of benzene rings is 2. The topological polar surface area (TPSA) is 129 Å². The number of hydrogen-bond acceptors (Lipinski definition) is 8. The minimum absolute atomic E-state index is 0.00692. The van der Waals surface area contributed by atoms with Crippen molar-refractivity contribution in [2.75, 3.05) is 0 Å². The van der Waals surface area contributed by atoms with Crippen molar-refractivity contribution >= 4 is 23.0 Å². The third kappa shape index (κ3) is 5.22. The van der Waals surface area contributed by atoms with Gasteiger partial charge in [-0.15, -0.1) is 0 Å². The maximum absolute atomic E-state index is 12.8. The Bertz CT molecular complexity index is 1410. The quantitative estimate of drug-likeness (QED) is 0.429. The Hall–Kier alpha value is -4.21. The van der Waals surface area contributed by atoms with Crippen LogP contribution in [0.25, 0.3) is 11.1 Å². The van der Waals surface area contributed by atoms with Crippen LogP contribution in [-0.4, -0.2) is 32.2 Å². The summed E-state index contributed by atoms with van der Waals surface area (Å²) in [6.45, 7) is 7.19. The summed E-state index contributed by atoms with van der Waals surface area (Å²) in [5.74, 6) is -0.399. The summed E-state index contributed by atoms with van der Waals surface area (Å²) in [6.07, 6.45) is -0.611. The summed E-state index contributed by atoms with van der Waals surface area (Å²) in [6, 6.07) is 12.1. The zero-order chi connectivity index (χ0) is 24.5. The number of rotatable bonds is 6. The first-order valence-electron chi connectivity index (χ1n) is 10.6. The van der Waals surface area contributed by atoms with Crippen LogP contribution in [0.2, 0.25) is 0 Å². The molecule has 0 atom stereocenters. The van der Waals surface area contributed by atoms with E-state index in [1.54, 1.807) is 51.1 Å². The molecule has 2 aromatic heterocycles. The minimum atomic E-state index is -0.627. The Morgan fingerprint density at radius 2 is 1.79 bits per heavy atom. The Morgan fingerprint density at radius 3 is 2.50 bits per heavy atom. The smallest absolute Gasteiger partial charge is 0.420 e. The molecule has 0 fully saturated rings. The summed E-state index contributed by atoms with van der Waals surface area (Å²) in [4.78, 5) is 41.2. The number of alkyl carbamates (subject to hydrolysis) is 1. The van der Waals surface area contributed by atoms with Crippen molar-refractivity contribution in [1.82, 2.24) is 20.0 Å². The molecule has 10 nitrogen and oxygen atoms in total. The van der Waals surface area contributed by atoms with Gasteiger partial charge in [-0.2, -0.15) is 4.98 Å². The molecular formula is C24H24N4O6. The molecule has 4 rings (SSSR count). The zero-order valence-electron chi connectivity index (χ0n) is 19.2. The van der Waals surface area contributed by atoms with Crippen molar-refractivity contribution < 1.29 is 23.3 Å². The van der Waals surface area contributed by atoms with E-state index in [9.17, 15) is 14.4 Å². The molecule has 0 aliphatic heterocycles. The van der Waals surface area contributed by atoms with Crippen molar-refractivity contribution in [3.05, 3.63) is 81.4 Å². The highest BCUT2D eigenvalue weighted by Gasteiger charge is 2.18. The first kappa shape index (κ1) is 23.0. The maximum atomic E-state index is 12.8. The van der Waals surface area contributed by atoms with Gasteiger partial charge in [0, 0.05) is 11.1 Å². The second-order valence-electron chi connectivity index (χ2n) is 8.79. The van der Waals surface area contributed by atoms with Crippen LogP contribution in [-0.2, 0) is 17.8 Å². The van der Waals surface area contributed by atoms with Gasteiger partial charge in [0.1, 0.15) is 12.1 Å². The molecule has 0 unspecified atom stereocenters. The fourth-order valence-corrected chi connectivity index (χ4v) is 3.26. The highest BCUT2D eigenvalue weighted by atomic mass is 16.6. The van der Waals surface area contributed by atoms with E-state index < -0.39 is 17.5 Å². The molecule has 0 saturated carbocycles. The number of fused-ring (bicyclic) bond motifs is 1. The number of aromatic nitrogens is 3. The molecule has 0 radical (unpaired) electrons. The summed E-state index contributed by atoms with van der Waals surface area (Å²) in [5.41, 5.74) is 2.15. The monoisotopic (exact) mass is 464 g/mol. The Morgan fingerprint density at radius 1 is 1.09 bits per heavy atom. The number of hydrogen-bond donors (Lipinski definition) is 1. The molecule has 4 aromatic rings. The van der Waals surface area contributed by atoms with Gasteiger partial charge in [0.2, 0.25) is 5.89 Å². The number of oxazole rings is 1. The van der Waals surface area contributed by atoms with Gasteiger partial charge in [-0.3, -0.25) is 9.36 Å². The lowest BCUT2D eigenvalue weighted by Gasteiger charge is -2.19. The van der Waals surface area contributed by atoms with E-state index in [4.69, 9.17) is 13.7 Å². The lowest BCUT2D eigenvalue weighted by molar-refractivity contribution is 0.0517. The van der Waals surface area contributed by atoms with Gasteiger partial charge in [0.25, 0.3) is 0 Å². The van der Waals surface area contributed by atoms with Gasteiger partial charge < -0.3 is 19.0 Å². The average Bonchev–Trinajstić information content (AvgIpc) is 3.35. The molecule has 34 heavy (non-hydrogen) atoms. The molecular weight excluding hydrogens is 440 g/mol. The van der Waals surface area contributed by atoms with Crippen molar-refractivity contribution in [2.24, 2.45) is 0 Å². The molecule has 176 valence electrons. The molecule has 0 aliphatic rings. The summed E-state index contributed by atoms with van der Waals surface area (Å²) < 4.78 is 17.0. The summed E-state index contributed by atoms with van der Waals surface area (Å²) >= 11 is 0. The summed E-state index contributed by atoms with van der Waals surface area (Å²) in [7, 11) is 0.